The highest BCUT2D eigenvalue weighted by Crippen LogP contribution is 2.22. The summed E-state index contributed by atoms with van der Waals surface area (Å²) in [4.78, 5) is 17.1. The van der Waals surface area contributed by atoms with Gasteiger partial charge in [0.05, 0.1) is 22.6 Å². The topological polar surface area (TPSA) is 41.4 Å². The summed E-state index contributed by atoms with van der Waals surface area (Å²) in [5.74, 6) is 0.105. The van der Waals surface area contributed by atoms with E-state index in [1.807, 2.05) is 41.6 Å². The molecule has 0 aliphatic carbocycles. The molecule has 1 aliphatic heterocycles. The Balaban J connectivity index is 1.95. The first-order valence-corrected chi connectivity index (χ1v) is 8.09. The molecule has 1 aliphatic rings. The van der Waals surface area contributed by atoms with E-state index in [-0.39, 0.29) is 5.91 Å². The molecule has 0 spiro atoms. The van der Waals surface area contributed by atoms with Crippen LogP contribution in [0, 0.1) is 20.8 Å². The van der Waals surface area contributed by atoms with Crippen molar-refractivity contribution in [3.8, 4) is 5.69 Å². The molecule has 1 saturated heterocycles. The molecule has 0 bridgehead atoms. The fraction of sp³-hybridized carbons (Fsp3) is 0.444. The number of carbonyl (C=O) groups excluding carboxylic acids is 1. The van der Waals surface area contributed by atoms with Crippen molar-refractivity contribution in [3.63, 3.8) is 0 Å². The number of aromatic nitrogens is 2. The minimum atomic E-state index is 0.105. The van der Waals surface area contributed by atoms with Crippen molar-refractivity contribution in [1.29, 1.82) is 0 Å². The third kappa shape index (κ3) is 2.88. The summed E-state index contributed by atoms with van der Waals surface area (Å²) in [6.07, 6.45) is 0. The molecule has 3 rings (SSSR count). The second-order valence-corrected chi connectivity index (χ2v) is 6.34. The number of carbonyl (C=O) groups is 1. The van der Waals surface area contributed by atoms with Gasteiger partial charge in [-0.3, -0.25) is 4.79 Å². The number of aryl methyl sites for hydroxylation is 2. The molecule has 5 nitrogen and oxygen atoms in total. The molecule has 1 aromatic heterocycles. The van der Waals surface area contributed by atoms with Crippen LogP contribution in [0.2, 0.25) is 0 Å². The van der Waals surface area contributed by atoms with Crippen LogP contribution in [0.15, 0.2) is 24.3 Å². The maximum absolute atomic E-state index is 12.9. The first-order chi connectivity index (χ1) is 11.0. The van der Waals surface area contributed by atoms with E-state index in [0.29, 0.717) is 0 Å². The summed E-state index contributed by atoms with van der Waals surface area (Å²) < 4.78 is 1.90. The summed E-state index contributed by atoms with van der Waals surface area (Å²) in [5.41, 5.74) is 4.65. The largest absolute Gasteiger partial charge is 0.336 e. The fourth-order valence-electron chi connectivity index (χ4n) is 3.16. The van der Waals surface area contributed by atoms with E-state index in [2.05, 4.69) is 30.0 Å². The first kappa shape index (κ1) is 15.7. The van der Waals surface area contributed by atoms with Gasteiger partial charge in [-0.1, -0.05) is 18.2 Å². The number of piperazine rings is 1. The van der Waals surface area contributed by atoms with Crippen molar-refractivity contribution in [1.82, 2.24) is 19.6 Å². The van der Waals surface area contributed by atoms with Gasteiger partial charge in [-0.05, 0) is 39.4 Å². The van der Waals surface area contributed by atoms with Crippen molar-refractivity contribution in [2.45, 2.75) is 20.8 Å². The highest BCUT2D eigenvalue weighted by atomic mass is 16.2. The monoisotopic (exact) mass is 312 g/mol. The van der Waals surface area contributed by atoms with Gasteiger partial charge in [0.2, 0.25) is 0 Å². The Labute approximate surface area is 137 Å². The van der Waals surface area contributed by atoms with Crippen LogP contribution in [-0.2, 0) is 0 Å². The summed E-state index contributed by atoms with van der Waals surface area (Å²) in [6, 6.07) is 8.12. The van der Waals surface area contributed by atoms with Crippen LogP contribution >= 0.6 is 0 Å². The minimum absolute atomic E-state index is 0.105. The maximum atomic E-state index is 12.9. The zero-order valence-electron chi connectivity index (χ0n) is 14.3. The Morgan fingerprint density at radius 1 is 1.04 bits per heavy atom. The number of benzene rings is 1. The molecule has 0 radical (unpaired) electrons. The van der Waals surface area contributed by atoms with Crippen molar-refractivity contribution < 1.29 is 4.79 Å². The van der Waals surface area contributed by atoms with Crippen LogP contribution < -0.4 is 0 Å². The Morgan fingerprint density at radius 3 is 2.35 bits per heavy atom. The van der Waals surface area contributed by atoms with Gasteiger partial charge in [-0.2, -0.15) is 5.10 Å². The number of hydrogen-bond acceptors (Lipinski definition) is 3. The number of para-hydroxylation sites is 1. The lowest BCUT2D eigenvalue weighted by molar-refractivity contribution is 0.0662. The van der Waals surface area contributed by atoms with Gasteiger partial charge < -0.3 is 9.80 Å². The van der Waals surface area contributed by atoms with E-state index in [1.54, 1.807) is 0 Å². The van der Waals surface area contributed by atoms with E-state index < -0.39 is 0 Å². The second-order valence-electron chi connectivity index (χ2n) is 6.34. The molecule has 2 aromatic rings. The molecule has 2 heterocycles. The Morgan fingerprint density at radius 2 is 1.70 bits per heavy atom. The van der Waals surface area contributed by atoms with Gasteiger partial charge in [-0.15, -0.1) is 0 Å². The van der Waals surface area contributed by atoms with Crippen LogP contribution in [-0.4, -0.2) is 58.7 Å². The van der Waals surface area contributed by atoms with Gasteiger partial charge in [0.1, 0.15) is 0 Å². The van der Waals surface area contributed by atoms with E-state index >= 15 is 0 Å². The summed E-state index contributed by atoms with van der Waals surface area (Å²) in [7, 11) is 2.09. The molecule has 5 heteroatoms. The molecule has 1 amide bonds. The predicted octanol–water partition coefficient (Wildman–Crippen LogP) is 2.19. The smallest absolute Gasteiger partial charge is 0.257 e. The summed E-state index contributed by atoms with van der Waals surface area (Å²) >= 11 is 0. The summed E-state index contributed by atoms with van der Waals surface area (Å²) in [5, 5.41) is 4.63. The number of amides is 1. The van der Waals surface area contributed by atoms with Gasteiger partial charge in [0.15, 0.2) is 0 Å². The van der Waals surface area contributed by atoms with Gasteiger partial charge in [0.25, 0.3) is 5.91 Å². The molecule has 122 valence electrons. The van der Waals surface area contributed by atoms with Crippen LogP contribution in [0.1, 0.15) is 27.3 Å². The van der Waals surface area contributed by atoms with Crippen LogP contribution in [0.4, 0.5) is 0 Å². The highest BCUT2D eigenvalue weighted by molar-refractivity contribution is 5.96. The average Bonchev–Trinajstić information content (AvgIpc) is 2.82. The quantitative estimate of drug-likeness (QED) is 0.853. The van der Waals surface area contributed by atoms with E-state index in [4.69, 9.17) is 0 Å². The van der Waals surface area contributed by atoms with Crippen LogP contribution in [0.5, 0.6) is 0 Å². The lowest BCUT2D eigenvalue weighted by Crippen LogP contribution is -2.47. The SMILES string of the molecule is Cc1ccccc1-n1nc(C)c(C(=O)N2CCN(C)CC2)c1C. The molecular weight excluding hydrogens is 288 g/mol. The zero-order valence-corrected chi connectivity index (χ0v) is 14.3. The number of likely N-dealkylation sites (N-methyl/N-ethyl adjacent to an activating group) is 1. The summed E-state index contributed by atoms with van der Waals surface area (Å²) in [6.45, 7) is 9.38. The van der Waals surface area contributed by atoms with Crippen molar-refractivity contribution in [3.05, 3.63) is 46.8 Å². The van der Waals surface area contributed by atoms with Crippen LogP contribution in [0.3, 0.4) is 0 Å². The molecule has 0 unspecified atom stereocenters. The molecule has 0 N–H and O–H groups in total. The van der Waals surface area contributed by atoms with Gasteiger partial charge in [-0.25, -0.2) is 4.68 Å². The average molecular weight is 312 g/mol. The minimum Gasteiger partial charge on any atom is -0.336 e. The second kappa shape index (κ2) is 6.16. The standard InChI is InChI=1S/C18H24N4O/c1-13-7-5-6-8-16(13)22-15(3)17(14(2)19-22)18(23)21-11-9-20(4)10-12-21/h5-8H,9-12H2,1-4H3. The normalized spacial score (nSPS) is 15.9. The molecule has 1 aromatic carbocycles. The molecule has 23 heavy (non-hydrogen) atoms. The maximum Gasteiger partial charge on any atom is 0.257 e. The third-order valence-electron chi connectivity index (χ3n) is 4.64. The van der Waals surface area contributed by atoms with E-state index in [0.717, 1.165) is 54.4 Å². The number of nitrogens with zero attached hydrogens (tertiary/aromatic N) is 4. The molecule has 1 fully saturated rings. The number of rotatable bonds is 2. The van der Waals surface area contributed by atoms with Gasteiger partial charge in [0, 0.05) is 26.2 Å². The van der Waals surface area contributed by atoms with Gasteiger partial charge >= 0.3 is 0 Å². The lowest BCUT2D eigenvalue weighted by Gasteiger charge is -2.32. The third-order valence-corrected chi connectivity index (χ3v) is 4.64. The zero-order chi connectivity index (χ0) is 16.6. The van der Waals surface area contributed by atoms with E-state index in [1.165, 1.54) is 0 Å². The molecule has 0 atom stereocenters. The fourth-order valence-corrected chi connectivity index (χ4v) is 3.16. The Bertz CT molecular complexity index is 727. The molecule has 0 saturated carbocycles. The first-order valence-electron chi connectivity index (χ1n) is 8.09. The van der Waals surface area contributed by atoms with Crippen molar-refractivity contribution in [2.75, 3.05) is 33.2 Å². The lowest BCUT2D eigenvalue weighted by atomic mass is 10.1. The molecular formula is C18H24N4O. The Kier molecular flexibility index (Phi) is 4.22. The number of hydrogen-bond donors (Lipinski definition) is 0. The highest BCUT2D eigenvalue weighted by Gasteiger charge is 2.26. The van der Waals surface area contributed by atoms with E-state index in [9.17, 15) is 4.79 Å². The Hall–Kier alpha value is -2.14. The van der Waals surface area contributed by atoms with Crippen LogP contribution in [0.25, 0.3) is 5.69 Å². The predicted molar refractivity (Wildman–Crippen MR) is 91.2 cm³/mol. The van der Waals surface area contributed by atoms with Crippen molar-refractivity contribution in [2.24, 2.45) is 0 Å². The van der Waals surface area contributed by atoms with Crippen molar-refractivity contribution >= 4 is 5.91 Å².